The van der Waals surface area contributed by atoms with E-state index >= 15 is 0 Å². The minimum absolute atomic E-state index is 0.115. The molecule has 0 aliphatic heterocycles. The van der Waals surface area contributed by atoms with Crippen molar-refractivity contribution >= 4 is 11.3 Å². The largest absolute Gasteiger partial charge is 0.379 e. The second-order valence-corrected chi connectivity index (χ2v) is 7.16. The Hall–Kier alpha value is -0.450. The summed E-state index contributed by atoms with van der Waals surface area (Å²) in [5, 5.41) is 4.57. The number of likely N-dealkylation sites (N-methyl/N-ethyl adjacent to an activating group) is 1. The van der Waals surface area contributed by atoms with E-state index in [-0.39, 0.29) is 11.5 Å². The smallest absolute Gasteiger partial charge is 0.0947 e. The molecule has 0 saturated heterocycles. The number of nitrogens with one attached hydrogen (secondary N) is 1. The van der Waals surface area contributed by atoms with Gasteiger partial charge in [-0.1, -0.05) is 20.8 Å². The van der Waals surface area contributed by atoms with Crippen LogP contribution in [-0.2, 0) is 11.2 Å². The van der Waals surface area contributed by atoms with Crippen molar-refractivity contribution in [1.29, 1.82) is 0 Å². The summed E-state index contributed by atoms with van der Waals surface area (Å²) in [5.74, 6) is 0. The van der Waals surface area contributed by atoms with E-state index < -0.39 is 0 Å². The highest BCUT2D eigenvalue weighted by atomic mass is 32.1. The first kappa shape index (κ1) is 15.6. The van der Waals surface area contributed by atoms with E-state index in [1.54, 1.807) is 18.4 Å². The molecule has 1 heterocycles. The minimum atomic E-state index is 0.115. The molecule has 0 radical (unpaired) electrons. The van der Waals surface area contributed by atoms with Crippen molar-refractivity contribution < 1.29 is 4.74 Å². The van der Waals surface area contributed by atoms with Gasteiger partial charge in [-0.25, -0.2) is 4.98 Å². The molecule has 1 N–H and O–H groups in total. The van der Waals surface area contributed by atoms with E-state index in [4.69, 9.17) is 4.74 Å². The highest BCUT2D eigenvalue weighted by Crippen LogP contribution is 2.27. The second kappa shape index (κ2) is 6.13. The highest BCUT2D eigenvalue weighted by Gasteiger charge is 2.32. The Labute approximate surface area is 115 Å². The number of aromatic nitrogens is 1. The van der Waals surface area contributed by atoms with Crippen LogP contribution < -0.4 is 5.32 Å². The van der Waals surface area contributed by atoms with Crippen LogP contribution in [-0.4, -0.2) is 31.3 Å². The maximum atomic E-state index is 5.69. The summed E-state index contributed by atoms with van der Waals surface area (Å²) in [6.07, 6.45) is 1.10. The van der Waals surface area contributed by atoms with Crippen LogP contribution in [0.25, 0.3) is 0 Å². The zero-order valence-electron chi connectivity index (χ0n) is 12.6. The molecular weight excluding hydrogens is 244 g/mol. The molecule has 2 unspecified atom stereocenters. The first-order valence-electron chi connectivity index (χ1n) is 6.42. The molecule has 1 rings (SSSR count). The summed E-state index contributed by atoms with van der Waals surface area (Å²) in [6, 6.07) is 0.292. The van der Waals surface area contributed by atoms with Crippen LogP contribution in [0.4, 0.5) is 0 Å². The van der Waals surface area contributed by atoms with Crippen molar-refractivity contribution in [1.82, 2.24) is 10.3 Å². The average molecular weight is 270 g/mol. The van der Waals surface area contributed by atoms with Crippen LogP contribution in [0.1, 0.15) is 36.3 Å². The Bertz CT molecular complexity index is 362. The van der Waals surface area contributed by atoms with E-state index in [0.717, 1.165) is 12.1 Å². The predicted molar refractivity (Wildman–Crippen MR) is 78.4 cm³/mol. The lowest BCUT2D eigenvalue weighted by Gasteiger charge is -2.35. The minimum Gasteiger partial charge on any atom is -0.379 e. The van der Waals surface area contributed by atoms with E-state index in [1.165, 1.54) is 9.88 Å². The van der Waals surface area contributed by atoms with Crippen LogP contribution in [0.3, 0.4) is 0 Å². The van der Waals surface area contributed by atoms with Crippen LogP contribution in [0.5, 0.6) is 0 Å². The third-order valence-corrected chi connectivity index (χ3v) is 4.41. The van der Waals surface area contributed by atoms with Gasteiger partial charge < -0.3 is 10.1 Å². The van der Waals surface area contributed by atoms with Gasteiger partial charge in [-0.2, -0.15) is 0 Å². The lowest BCUT2D eigenvalue weighted by atomic mass is 9.83. The fraction of sp³-hybridized carbons (Fsp3) is 0.786. The molecule has 0 aliphatic rings. The van der Waals surface area contributed by atoms with Crippen LogP contribution >= 0.6 is 11.3 Å². The number of aryl methyl sites for hydroxylation is 2. The van der Waals surface area contributed by atoms with Crippen LogP contribution in [0, 0.1) is 19.3 Å². The molecule has 4 heteroatoms. The van der Waals surface area contributed by atoms with E-state index in [2.05, 4.69) is 44.9 Å². The SMILES string of the molecule is CNC(Cc1nc(C)c(C)s1)C(OC)C(C)(C)C. The van der Waals surface area contributed by atoms with Crippen LogP contribution in [0.15, 0.2) is 0 Å². The summed E-state index contributed by atoms with van der Waals surface area (Å²) in [6.45, 7) is 10.8. The standard InChI is InChI=1S/C14H26N2OS/c1-9-10(2)18-12(16-9)8-11(15-6)13(17-7)14(3,4)5/h11,13,15H,8H2,1-7H3. The number of hydrogen-bond acceptors (Lipinski definition) is 4. The number of nitrogens with zero attached hydrogens (tertiary/aromatic N) is 1. The lowest BCUT2D eigenvalue weighted by Crippen LogP contribution is -2.47. The molecular formula is C14H26N2OS. The van der Waals surface area contributed by atoms with Gasteiger partial charge >= 0.3 is 0 Å². The number of rotatable bonds is 5. The lowest BCUT2D eigenvalue weighted by molar-refractivity contribution is -0.00922. The second-order valence-electron chi connectivity index (χ2n) is 5.87. The molecule has 0 bridgehead atoms. The van der Waals surface area contributed by atoms with Crippen molar-refractivity contribution in [2.24, 2.45) is 5.41 Å². The normalized spacial score (nSPS) is 15.7. The molecule has 0 saturated carbocycles. The number of methoxy groups -OCH3 is 1. The van der Waals surface area contributed by atoms with Gasteiger partial charge in [0, 0.05) is 24.4 Å². The van der Waals surface area contributed by atoms with Gasteiger partial charge in [0.25, 0.3) is 0 Å². The van der Waals surface area contributed by atoms with Crippen molar-refractivity contribution in [2.75, 3.05) is 14.2 Å². The van der Waals surface area contributed by atoms with Gasteiger partial charge in [-0.15, -0.1) is 11.3 Å². The third kappa shape index (κ3) is 3.77. The highest BCUT2D eigenvalue weighted by molar-refractivity contribution is 7.11. The Morgan fingerprint density at radius 1 is 1.33 bits per heavy atom. The van der Waals surface area contributed by atoms with Gasteiger partial charge in [0.15, 0.2) is 0 Å². The molecule has 1 aromatic rings. The maximum Gasteiger partial charge on any atom is 0.0947 e. The van der Waals surface area contributed by atoms with E-state index in [0.29, 0.717) is 6.04 Å². The van der Waals surface area contributed by atoms with Gasteiger partial charge in [0.2, 0.25) is 0 Å². The molecule has 0 amide bonds. The summed E-state index contributed by atoms with van der Waals surface area (Å²) in [7, 11) is 3.79. The molecule has 0 spiro atoms. The molecule has 18 heavy (non-hydrogen) atoms. The zero-order chi connectivity index (χ0) is 13.9. The van der Waals surface area contributed by atoms with Gasteiger partial charge in [0.1, 0.15) is 0 Å². The Morgan fingerprint density at radius 2 is 1.94 bits per heavy atom. The van der Waals surface area contributed by atoms with E-state index in [9.17, 15) is 0 Å². The molecule has 1 aromatic heterocycles. The molecule has 3 nitrogen and oxygen atoms in total. The zero-order valence-corrected chi connectivity index (χ0v) is 13.4. The number of thiazole rings is 1. The maximum absolute atomic E-state index is 5.69. The fourth-order valence-corrected chi connectivity index (χ4v) is 3.29. The third-order valence-electron chi connectivity index (χ3n) is 3.31. The summed E-state index contributed by atoms with van der Waals surface area (Å²) < 4.78 is 5.69. The van der Waals surface area contributed by atoms with Gasteiger partial charge in [-0.05, 0) is 26.3 Å². The van der Waals surface area contributed by atoms with Crippen molar-refractivity contribution in [3.63, 3.8) is 0 Å². The summed E-state index contributed by atoms with van der Waals surface area (Å²) in [4.78, 5) is 5.93. The average Bonchev–Trinajstić information content (AvgIpc) is 2.55. The van der Waals surface area contributed by atoms with Crippen molar-refractivity contribution in [3.8, 4) is 0 Å². The van der Waals surface area contributed by atoms with Gasteiger partial charge in [0.05, 0.1) is 16.8 Å². The van der Waals surface area contributed by atoms with E-state index in [1.807, 2.05) is 7.05 Å². The van der Waals surface area contributed by atoms with Crippen molar-refractivity contribution in [3.05, 3.63) is 15.6 Å². The molecule has 0 aliphatic carbocycles. The molecule has 2 atom stereocenters. The Kier molecular flexibility index (Phi) is 5.32. The van der Waals surface area contributed by atoms with Gasteiger partial charge in [-0.3, -0.25) is 0 Å². The topological polar surface area (TPSA) is 34.2 Å². The monoisotopic (exact) mass is 270 g/mol. The fourth-order valence-electron chi connectivity index (χ4n) is 2.30. The number of ether oxygens (including phenoxy) is 1. The Morgan fingerprint density at radius 3 is 2.28 bits per heavy atom. The first-order valence-corrected chi connectivity index (χ1v) is 7.24. The first-order chi connectivity index (χ1) is 8.29. The predicted octanol–water partition coefficient (Wildman–Crippen LogP) is 2.95. The summed E-state index contributed by atoms with van der Waals surface area (Å²) in [5.41, 5.74) is 1.26. The Balaban J connectivity index is 2.83. The molecule has 0 aromatic carbocycles. The molecule has 0 fully saturated rings. The van der Waals surface area contributed by atoms with Crippen molar-refractivity contribution in [2.45, 2.75) is 53.2 Å². The van der Waals surface area contributed by atoms with Crippen LogP contribution in [0.2, 0.25) is 0 Å². The molecule has 104 valence electrons. The summed E-state index contributed by atoms with van der Waals surface area (Å²) >= 11 is 1.79. The quantitative estimate of drug-likeness (QED) is 0.893. The number of hydrogen-bond donors (Lipinski definition) is 1.